The van der Waals surface area contributed by atoms with Crippen LogP contribution in [0.25, 0.3) is 0 Å². The van der Waals surface area contributed by atoms with Crippen LogP contribution in [0.2, 0.25) is 0 Å². The van der Waals surface area contributed by atoms with Gasteiger partial charge in [-0.25, -0.2) is 0 Å². The van der Waals surface area contributed by atoms with Crippen LogP contribution < -0.4 is 10.6 Å². The molecule has 0 spiro atoms. The fraction of sp³-hybridized carbons (Fsp3) is 0.538. The number of amides is 1. The van der Waals surface area contributed by atoms with E-state index < -0.39 is 11.9 Å². The molecule has 2 heterocycles. The molecule has 7 heteroatoms. The van der Waals surface area contributed by atoms with Crippen LogP contribution >= 0.6 is 0 Å². The van der Waals surface area contributed by atoms with Crippen LogP contribution in [0.5, 0.6) is 0 Å². The van der Waals surface area contributed by atoms with E-state index in [-0.39, 0.29) is 17.6 Å². The lowest BCUT2D eigenvalue weighted by atomic mass is 10.0. The van der Waals surface area contributed by atoms with Gasteiger partial charge in [-0.05, 0) is 31.0 Å². The number of anilines is 1. The second-order valence-electron chi connectivity index (χ2n) is 4.89. The Morgan fingerprint density at radius 3 is 2.90 bits per heavy atom. The lowest BCUT2D eigenvalue weighted by Crippen LogP contribution is -2.35. The maximum atomic E-state index is 12.5. The molecule has 1 fully saturated rings. The quantitative estimate of drug-likeness (QED) is 0.897. The maximum Gasteiger partial charge on any atom is 0.433 e. The molecule has 1 saturated heterocycles. The SMILES string of the molecule is CCC1CN[C@H](C(=O)Nc2ccnc(C(F)(F)F)c2)C1. The number of halogens is 3. The first-order valence-corrected chi connectivity index (χ1v) is 6.47. The molecule has 0 radical (unpaired) electrons. The molecule has 1 unspecified atom stereocenters. The zero-order valence-electron chi connectivity index (χ0n) is 11.0. The van der Waals surface area contributed by atoms with Gasteiger partial charge < -0.3 is 10.6 Å². The zero-order valence-corrected chi connectivity index (χ0v) is 11.0. The summed E-state index contributed by atoms with van der Waals surface area (Å²) < 4.78 is 37.5. The summed E-state index contributed by atoms with van der Waals surface area (Å²) in [4.78, 5) is 15.2. The van der Waals surface area contributed by atoms with Gasteiger partial charge >= 0.3 is 6.18 Å². The van der Waals surface area contributed by atoms with E-state index in [0.29, 0.717) is 12.3 Å². The number of aromatic nitrogens is 1. The second kappa shape index (κ2) is 5.78. The Morgan fingerprint density at radius 1 is 1.55 bits per heavy atom. The number of alkyl halides is 3. The molecule has 4 nitrogen and oxygen atoms in total. The van der Waals surface area contributed by atoms with Crippen LogP contribution in [0.4, 0.5) is 18.9 Å². The average Bonchev–Trinajstić information content (AvgIpc) is 2.87. The molecule has 2 rings (SSSR count). The van der Waals surface area contributed by atoms with Crippen LogP contribution in [-0.4, -0.2) is 23.5 Å². The highest BCUT2D eigenvalue weighted by Gasteiger charge is 2.33. The van der Waals surface area contributed by atoms with Crippen LogP contribution in [0, 0.1) is 5.92 Å². The Hall–Kier alpha value is -1.63. The topological polar surface area (TPSA) is 54.0 Å². The fourth-order valence-corrected chi connectivity index (χ4v) is 2.21. The molecular weight excluding hydrogens is 271 g/mol. The molecule has 1 amide bonds. The molecule has 2 atom stereocenters. The summed E-state index contributed by atoms with van der Waals surface area (Å²) in [7, 11) is 0. The van der Waals surface area contributed by atoms with Gasteiger partial charge in [0.05, 0.1) is 6.04 Å². The van der Waals surface area contributed by atoms with Crippen LogP contribution in [-0.2, 0) is 11.0 Å². The highest BCUT2D eigenvalue weighted by atomic mass is 19.4. The monoisotopic (exact) mass is 287 g/mol. The van der Waals surface area contributed by atoms with E-state index in [1.807, 2.05) is 6.92 Å². The Bertz CT molecular complexity index is 490. The normalized spacial score (nSPS) is 22.8. The number of rotatable bonds is 3. The molecular formula is C13H16F3N3O. The second-order valence-corrected chi connectivity index (χ2v) is 4.89. The number of hydrogen-bond donors (Lipinski definition) is 2. The van der Waals surface area contributed by atoms with Crippen molar-refractivity contribution in [2.75, 3.05) is 11.9 Å². The predicted molar refractivity (Wildman–Crippen MR) is 68.1 cm³/mol. The number of carbonyl (C=O) groups excluding carboxylic acids is 1. The van der Waals surface area contributed by atoms with E-state index in [9.17, 15) is 18.0 Å². The minimum absolute atomic E-state index is 0.110. The first-order chi connectivity index (χ1) is 9.40. The van der Waals surface area contributed by atoms with Gasteiger partial charge in [-0.2, -0.15) is 13.2 Å². The third-order valence-corrected chi connectivity index (χ3v) is 3.43. The average molecular weight is 287 g/mol. The van der Waals surface area contributed by atoms with E-state index in [4.69, 9.17) is 0 Å². The highest BCUT2D eigenvalue weighted by molar-refractivity contribution is 5.95. The van der Waals surface area contributed by atoms with Crippen molar-refractivity contribution in [1.82, 2.24) is 10.3 Å². The molecule has 1 aliphatic heterocycles. The lowest BCUT2D eigenvalue weighted by molar-refractivity contribution is -0.141. The summed E-state index contributed by atoms with van der Waals surface area (Å²) in [5.41, 5.74) is -0.903. The first-order valence-electron chi connectivity index (χ1n) is 6.47. The van der Waals surface area contributed by atoms with Crippen molar-refractivity contribution >= 4 is 11.6 Å². The summed E-state index contributed by atoms with van der Waals surface area (Å²) in [5.74, 6) is 0.134. The van der Waals surface area contributed by atoms with Crippen molar-refractivity contribution in [1.29, 1.82) is 0 Å². The molecule has 0 saturated carbocycles. The molecule has 0 bridgehead atoms. The van der Waals surface area contributed by atoms with Crippen molar-refractivity contribution in [2.24, 2.45) is 5.92 Å². The molecule has 0 aliphatic carbocycles. The molecule has 1 aromatic rings. The largest absolute Gasteiger partial charge is 0.433 e. The summed E-state index contributed by atoms with van der Waals surface area (Å²) >= 11 is 0. The van der Waals surface area contributed by atoms with E-state index >= 15 is 0 Å². The van der Waals surface area contributed by atoms with Crippen molar-refractivity contribution in [3.63, 3.8) is 0 Å². The van der Waals surface area contributed by atoms with Crippen LogP contribution in [0.1, 0.15) is 25.5 Å². The molecule has 110 valence electrons. The van der Waals surface area contributed by atoms with Gasteiger partial charge in [-0.1, -0.05) is 13.3 Å². The lowest BCUT2D eigenvalue weighted by Gasteiger charge is -2.12. The molecule has 0 aromatic carbocycles. The van der Waals surface area contributed by atoms with Crippen LogP contribution in [0.15, 0.2) is 18.3 Å². The standard InChI is InChI=1S/C13H16F3N3O/c1-2-8-5-10(18-7-8)12(20)19-9-3-4-17-11(6-9)13(14,15)16/h3-4,6,8,10,18H,2,5,7H2,1H3,(H,17,19,20)/t8?,10-/m0/s1. The highest BCUT2D eigenvalue weighted by Crippen LogP contribution is 2.29. The van der Waals surface area contributed by atoms with Gasteiger partial charge in [0, 0.05) is 11.9 Å². The summed E-state index contributed by atoms with van der Waals surface area (Å²) in [6.45, 7) is 2.81. The van der Waals surface area contributed by atoms with Crippen molar-refractivity contribution in [3.05, 3.63) is 24.0 Å². The third-order valence-electron chi connectivity index (χ3n) is 3.43. The number of nitrogens with zero attached hydrogens (tertiary/aromatic N) is 1. The van der Waals surface area contributed by atoms with Crippen molar-refractivity contribution in [2.45, 2.75) is 32.0 Å². The van der Waals surface area contributed by atoms with Gasteiger partial charge in [0.25, 0.3) is 0 Å². The van der Waals surface area contributed by atoms with E-state index in [1.54, 1.807) is 0 Å². The Labute approximate surface area is 114 Å². The molecule has 20 heavy (non-hydrogen) atoms. The van der Waals surface area contributed by atoms with E-state index in [1.165, 1.54) is 6.07 Å². The Kier molecular flexibility index (Phi) is 4.27. The third kappa shape index (κ3) is 3.47. The number of pyridine rings is 1. The number of hydrogen-bond acceptors (Lipinski definition) is 3. The van der Waals surface area contributed by atoms with Gasteiger partial charge in [0.2, 0.25) is 5.91 Å². The molecule has 1 aromatic heterocycles. The first kappa shape index (κ1) is 14.8. The zero-order chi connectivity index (χ0) is 14.8. The summed E-state index contributed by atoms with van der Waals surface area (Å²) in [6.07, 6.45) is -1.79. The number of nitrogens with one attached hydrogen (secondary N) is 2. The minimum Gasteiger partial charge on any atom is -0.325 e. The van der Waals surface area contributed by atoms with E-state index in [2.05, 4.69) is 15.6 Å². The minimum atomic E-state index is -4.51. The predicted octanol–water partition coefficient (Wildman–Crippen LogP) is 2.43. The Balaban J connectivity index is 2.02. The van der Waals surface area contributed by atoms with Gasteiger partial charge in [-0.15, -0.1) is 0 Å². The van der Waals surface area contributed by atoms with Gasteiger partial charge in [0.1, 0.15) is 5.69 Å². The summed E-state index contributed by atoms with van der Waals surface area (Å²) in [6, 6.07) is 1.84. The molecule has 1 aliphatic rings. The summed E-state index contributed by atoms with van der Waals surface area (Å²) in [5, 5.41) is 5.57. The number of carbonyl (C=O) groups is 1. The smallest absolute Gasteiger partial charge is 0.325 e. The van der Waals surface area contributed by atoms with Crippen molar-refractivity contribution < 1.29 is 18.0 Å². The van der Waals surface area contributed by atoms with Crippen molar-refractivity contribution in [3.8, 4) is 0 Å². The Morgan fingerprint density at radius 2 is 2.30 bits per heavy atom. The van der Waals surface area contributed by atoms with E-state index in [0.717, 1.165) is 25.2 Å². The van der Waals surface area contributed by atoms with Crippen LogP contribution in [0.3, 0.4) is 0 Å². The molecule has 2 N–H and O–H groups in total. The van der Waals surface area contributed by atoms with Gasteiger partial charge in [0.15, 0.2) is 0 Å². The fourth-order valence-electron chi connectivity index (χ4n) is 2.21. The maximum absolute atomic E-state index is 12.5. The van der Waals surface area contributed by atoms with Gasteiger partial charge in [-0.3, -0.25) is 9.78 Å².